The summed E-state index contributed by atoms with van der Waals surface area (Å²) in [6, 6.07) is 0. The van der Waals surface area contributed by atoms with Crippen molar-refractivity contribution in [2.24, 2.45) is 0 Å². The predicted molar refractivity (Wildman–Crippen MR) is 83.1 cm³/mol. The summed E-state index contributed by atoms with van der Waals surface area (Å²) >= 11 is 0. The summed E-state index contributed by atoms with van der Waals surface area (Å²) in [6.45, 7) is 3.69. The summed E-state index contributed by atoms with van der Waals surface area (Å²) in [7, 11) is 7.47. The Bertz CT molecular complexity index is 499. The van der Waals surface area contributed by atoms with E-state index in [-0.39, 0.29) is 5.91 Å². The quantitative estimate of drug-likeness (QED) is 0.828. The van der Waals surface area contributed by atoms with Gasteiger partial charge in [0.2, 0.25) is 11.9 Å². The molecule has 1 saturated heterocycles. The molecule has 6 heteroatoms. The molecule has 1 atom stereocenters. The second-order valence-electron chi connectivity index (χ2n) is 6.28. The Morgan fingerprint density at radius 2 is 1.90 bits per heavy atom. The van der Waals surface area contributed by atoms with Gasteiger partial charge in [0.05, 0.1) is 5.54 Å². The maximum atomic E-state index is 12.5. The molecule has 0 aromatic carbocycles. The molecule has 116 valence electrons. The van der Waals surface area contributed by atoms with Crippen molar-refractivity contribution in [1.82, 2.24) is 19.8 Å². The van der Waals surface area contributed by atoms with Gasteiger partial charge < -0.3 is 9.80 Å². The summed E-state index contributed by atoms with van der Waals surface area (Å²) < 4.78 is 0. The van der Waals surface area contributed by atoms with E-state index in [1.165, 1.54) is 0 Å². The molecule has 1 amide bonds. The van der Waals surface area contributed by atoms with E-state index in [4.69, 9.17) is 0 Å². The van der Waals surface area contributed by atoms with Crippen LogP contribution in [0.5, 0.6) is 0 Å². The minimum Gasteiger partial charge on any atom is -0.347 e. The zero-order chi connectivity index (χ0) is 15.6. The Labute approximate surface area is 126 Å². The molecule has 1 aromatic rings. The van der Waals surface area contributed by atoms with Gasteiger partial charge in [-0.3, -0.25) is 9.69 Å². The minimum atomic E-state index is -0.413. The van der Waals surface area contributed by atoms with Crippen molar-refractivity contribution in [3.63, 3.8) is 0 Å². The number of anilines is 1. The van der Waals surface area contributed by atoms with Gasteiger partial charge in [-0.2, -0.15) is 0 Å². The van der Waals surface area contributed by atoms with Gasteiger partial charge in [0.25, 0.3) is 0 Å². The lowest BCUT2D eigenvalue weighted by Gasteiger charge is -2.35. The van der Waals surface area contributed by atoms with Crippen LogP contribution in [-0.2, 0) is 11.3 Å². The SMILES string of the molecule is CN(C)C(=O)[C@]1(C)CCCN1Cc1cnc(N(C)C)nc1. The first-order chi connectivity index (χ1) is 9.84. The van der Waals surface area contributed by atoms with Gasteiger partial charge in [0.1, 0.15) is 0 Å². The molecule has 0 aliphatic carbocycles. The van der Waals surface area contributed by atoms with Gasteiger partial charge in [0, 0.05) is 52.7 Å². The fourth-order valence-electron chi connectivity index (χ4n) is 2.88. The lowest BCUT2D eigenvalue weighted by Crippen LogP contribution is -2.52. The highest BCUT2D eigenvalue weighted by atomic mass is 16.2. The third-order valence-electron chi connectivity index (χ3n) is 4.12. The molecule has 1 aromatic heterocycles. The normalized spacial score (nSPS) is 22.3. The number of nitrogens with zero attached hydrogens (tertiary/aromatic N) is 5. The van der Waals surface area contributed by atoms with Crippen LogP contribution >= 0.6 is 0 Å². The average Bonchev–Trinajstić information content (AvgIpc) is 2.81. The summed E-state index contributed by atoms with van der Waals surface area (Å²) in [5.41, 5.74) is 0.629. The van der Waals surface area contributed by atoms with Gasteiger partial charge in [-0.25, -0.2) is 9.97 Å². The molecule has 1 aliphatic heterocycles. The summed E-state index contributed by atoms with van der Waals surface area (Å²) in [5.74, 6) is 0.873. The van der Waals surface area contributed by atoms with Crippen LogP contribution < -0.4 is 4.90 Å². The molecule has 1 aliphatic rings. The van der Waals surface area contributed by atoms with E-state index in [0.717, 1.165) is 24.9 Å². The van der Waals surface area contributed by atoms with Crippen LogP contribution in [0.3, 0.4) is 0 Å². The summed E-state index contributed by atoms with van der Waals surface area (Å²) in [4.78, 5) is 26.9. The Hall–Kier alpha value is -1.69. The highest BCUT2D eigenvalue weighted by Gasteiger charge is 2.43. The second kappa shape index (κ2) is 5.97. The van der Waals surface area contributed by atoms with Crippen molar-refractivity contribution in [3.05, 3.63) is 18.0 Å². The standard InChI is InChI=1S/C15H25N5O/c1-15(13(21)18(2)3)7-6-8-20(15)11-12-9-16-14(17-10-12)19(4)5/h9-10H,6-8,11H2,1-5H3/t15-/m0/s1. The van der Waals surface area contributed by atoms with E-state index in [0.29, 0.717) is 12.5 Å². The molecule has 21 heavy (non-hydrogen) atoms. The van der Waals surface area contributed by atoms with Crippen LogP contribution in [0.15, 0.2) is 12.4 Å². The van der Waals surface area contributed by atoms with E-state index >= 15 is 0 Å². The monoisotopic (exact) mass is 291 g/mol. The third-order valence-corrected chi connectivity index (χ3v) is 4.12. The molecule has 2 rings (SSSR count). The molecule has 0 spiro atoms. The predicted octanol–water partition coefficient (Wildman–Crippen LogP) is 0.985. The number of aromatic nitrogens is 2. The first-order valence-corrected chi connectivity index (χ1v) is 7.29. The number of hydrogen-bond acceptors (Lipinski definition) is 5. The summed E-state index contributed by atoms with van der Waals surface area (Å²) in [6.07, 6.45) is 5.65. The van der Waals surface area contributed by atoms with Gasteiger partial charge in [-0.1, -0.05) is 0 Å². The number of likely N-dealkylation sites (tertiary alicyclic amines) is 1. The van der Waals surface area contributed by atoms with Crippen LogP contribution in [0.2, 0.25) is 0 Å². The van der Waals surface area contributed by atoms with Crippen molar-refractivity contribution in [2.45, 2.75) is 31.8 Å². The Kier molecular flexibility index (Phi) is 4.46. The number of hydrogen-bond donors (Lipinski definition) is 0. The number of likely N-dealkylation sites (N-methyl/N-ethyl adjacent to an activating group) is 1. The van der Waals surface area contributed by atoms with Gasteiger partial charge in [0.15, 0.2) is 0 Å². The lowest BCUT2D eigenvalue weighted by molar-refractivity contribution is -0.139. The van der Waals surface area contributed by atoms with Crippen molar-refractivity contribution >= 4 is 11.9 Å². The lowest BCUT2D eigenvalue weighted by atomic mass is 9.97. The van der Waals surface area contributed by atoms with Crippen LogP contribution in [0, 0.1) is 0 Å². The third kappa shape index (κ3) is 3.15. The van der Waals surface area contributed by atoms with E-state index in [1.54, 1.807) is 4.90 Å². The first-order valence-electron chi connectivity index (χ1n) is 7.29. The smallest absolute Gasteiger partial charge is 0.242 e. The van der Waals surface area contributed by atoms with Crippen LogP contribution in [0.4, 0.5) is 5.95 Å². The minimum absolute atomic E-state index is 0.172. The van der Waals surface area contributed by atoms with Gasteiger partial charge in [-0.15, -0.1) is 0 Å². The number of rotatable bonds is 4. The number of amides is 1. The molecule has 0 N–H and O–H groups in total. The molecule has 0 bridgehead atoms. The fraction of sp³-hybridized carbons (Fsp3) is 0.667. The fourth-order valence-corrected chi connectivity index (χ4v) is 2.88. The molecule has 6 nitrogen and oxygen atoms in total. The Balaban J connectivity index is 2.12. The number of carbonyl (C=O) groups is 1. The van der Waals surface area contributed by atoms with Crippen molar-refractivity contribution in [2.75, 3.05) is 39.6 Å². The molecular formula is C15H25N5O. The van der Waals surface area contributed by atoms with Crippen LogP contribution in [0.25, 0.3) is 0 Å². The number of carbonyl (C=O) groups excluding carboxylic acids is 1. The molecule has 0 unspecified atom stereocenters. The van der Waals surface area contributed by atoms with E-state index < -0.39 is 5.54 Å². The second-order valence-corrected chi connectivity index (χ2v) is 6.28. The van der Waals surface area contributed by atoms with Gasteiger partial charge in [-0.05, 0) is 26.3 Å². The van der Waals surface area contributed by atoms with E-state index in [1.807, 2.05) is 52.4 Å². The van der Waals surface area contributed by atoms with Gasteiger partial charge >= 0.3 is 0 Å². The van der Waals surface area contributed by atoms with Crippen molar-refractivity contribution in [3.8, 4) is 0 Å². The average molecular weight is 291 g/mol. The highest BCUT2D eigenvalue weighted by molar-refractivity contribution is 5.85. The first kappa shape index (κ1) is 15.7. The molecule has 2 heterocycles. The molecule has 0 radical (unpaired) electrons. The topological polar surface area (TPSA) is 52.6 Å². The zero-order valence-electron chi connectivity index (χ0n) is 13.6. The highest BCUT2D eigenvalue weighted by Crippen LogP contribution is 2.31. The zero-order valence-corrected chi connectivity index (χ0v) is 13.6. The Morgan fingerprint density at radius 3 is 2.43 bits per heavy atom. The van der Waals surface area contributed by atoms with Crippen LogP contribution in [-0.4, -0.2) is 65.9 Å². The molecule has 1 fully saturated rings. The van der Waals surface area contributed by atoms with E-state index in [2.05, 4.69) is 14.9 Å². The maximum absolute atomic E-state index is 12.5. The van der Waals surface area contributed by atoms with Crippen molar-refractivity contribution in [1.29, 1.82) is 0 Å². The molecular weight excluding hydrogens is 266 g/mol. The maximum Gasteiger partial charge on any atom is 0.242 e. The van der Waals surface area contributed by atoms with Crippen LogP contribution in [0.1, 0.15) is 25.3 Å². The molecule has 0 saturated carbocycles. The van der Waals surface area contributed by atoms with Crippen molar-refractivity contribution < 1.29 is 4.79 Å². The Morgan fingerprint density at radius 1 is 1.29 bits per heavy atom. The summed E-state index contributed by atoms with van der Waals surface area (Å²) in [5, 5.41) is 0. The largest absolute Gasteiger partial charge is 0.347 e. The van der Waals surface area contributed by atoms with E-state index in [9.17, 15) is 4.79 Å².